The van der Waals surface area contributed by atoms with Crippen LogP contribution in [-0.2, 0) is 0 Å². The predicted octanol–water partition coefficient (Wildman–Crippen LogP) is 3.93. The second-order valence-electron chi connectivity index (χ2n) is 5.48. The average molecular weight is 338 g/mol. The second-order valence-corrected chi connectivity index (χ2v) is 5.91. The highest BCUT2D eigenvalue weighted by atomic mass is 35.5. The third-order valence-electron chi connectivity index (χ3n) is 4.33. The summed E-state index contributed by atoms with van der Waals surface area (Å²) in [5.74, 6) is 0.835. The van der Waals surface area contributed by atoms with E-state index in [0.29, 0.717) is 6.04 Å². The minimum absolute atomic E-state index is 0. The van der Waals surface area contributed by atoms with Crippen molar-refractivity contribution in [2.45, 2.75) is 25.3 Å². The van der Waals surface area contributed by atoms with Crippen LogP contribution in [0.2, 0.25) is 5.02 Å². The molecule has 1 aromatic carbocycles. The molecule has 1 saturated carbocycles. The molecule has 1 heterocycles. The normalized spacial score (nSPS) is 21.2. The molecular formula is C15H23Cl3N2. The largest absolute Gasteiger partial charge is 0.314 e. The fourth-order valence-electron chi connectivity index (χ4n) is 3.19. The van der Waals surface area contributed by atoms with E-state index in [9.17, 15) is 0 Å². The quantitative estimate of drug-likeness (QED) is 0.899. The molecular weight excluding hydrogens is 315 g/mol. The summed E-state index contributed by atoms with van der Waals surface area (Å²) < 4.78 is 0. The number of piperazine rings is 1. The van der Waals surface area contributed by atoms with Gasteiger partial charge in [-0.05, 0) is 36.5 Å². The standard InChI is InChI=1S/C15H21ClN2.2ClH/c16-14-6-2-5-13(11-14)15(12-3-1-4-12)18-9-7-17-8-10-18;;/h2,5-6,11-12,15,17H,1,3-4,7-10H2;2*1H/t15-;;/m0../s1. The van der Waals surface area contributed by atoms with Gasteiger partial charge in [0.25, 0.3) is 0 Å². The van der Waals surface area contributed by atoms with Crippen molar-refractivity contribution in [1.29, 1.82) is 0 Å². The molecule has 0 radical (unpaired) electrons. The Kier molecular flexibility index (Phi) is 7.63. The molecule has 3 rings (SSSR count). The summed E-state index contributed by atoms with van der Waals surface area (Å²) in [5.41, 5.74) is 1.41. The zero-order valence-electron chi connectivity index (χ0n) is 11.6. The van der Waals surface area contributed by atoms with E-state index in [4.69, 9.17) is 11.6 Å². The first-order valence-electron chi connectivity index (χ1n) is 7.05. The van der Waals surface area contributed by atoms with Gasteiger partial charge in [0.2, 0.25) is 0 Å². The Labute approximate surface area is 139 Å². The van der Waals surface area contributed by atoms with Gasteiger partial charge in [-0.15, -0.1) is 24.8 Å². The van der Waals surface area contributed by atoms with Gasteiger partial charge in [-0.3, -0.25) is 4.90 Å². The molecule has 1 aliphatic carbocycles. The molecule has 2 fully saturated rings. The van der Waals surface area contributed by atoms with Gasteiger partial charge in [0.15, 0.2) is 0 Å². The number of benzene rings is 1. The van der Waals surface area contributed by atoms with Crippen LogP contribution in [0.1, 0.15) is 30.9 Å². The van der Waals surface area contributed by atoms with Gasteiger partial charge >= 0.3 is 0 Å². The van der Waals surface area contributed by atoms with Crippen molar-refractivity contribution in [3.63, 3.8) is 0 Å². The van der Waals surface area contributed by atoms with E-state index < -0.39 is 0 Å². The van der Waals surface area contributed by atoms with Crippen LogP contribution in [-0.4, -0.2) is 31.1 Å². The molecule has 0 unspecified atom stereocenters. The van der Waals surface area contributed by atoms with Crippen LogP contribution in [0, 0.1) is 5.92 Å². The molecule has 1 aliphatic heterocycles. The van der Waals surface area contributed by atoms with E-state index >= 15 is 0 Å². The summed E-state index contributed by atoms with van der Waals surface area (Å²) in [6.45, 7) is 4.55. The molecule has 1 atom stereocenters. The van der Waals surface area contributed by atoms with Crippen molar-refractivity contribution in [1.82, 2.24) is 10.2 Å². The van der Waals surface area contributed by atoms with E-state index in [1.165, 1.54) is 24.8 Å². The van der Waals surface area contributed by atoms with Crippen LogP contribution in [0.4, 0.5) is 0 Å². The van der Waals surface area contributed by atoms with Gasteiger partial charge in [0, 0.05) is 37.2 Å². The Balaban J connectivity index is 0.000001000. The maximum Gasteiger partial charge on any atom is 0.0409 e. The lowest BCUT2D eigenvalue weighted by Gasteiger charge is -2.43. The van der Waals surface area contributed by atoms with Crippen molar-refractivity contribution in [3.05, 3.63) is 34.9 Å². The molecule has 1 saturated heterocycles. The summed E-state index contributed by atoms with van der Waals surface area (Å²) in [7, 11) is 0. The molecule has 1 aromatic rings. The lowest BCUT2D eigenvalue weighted by molar-refractivity contribution is 0.0837. The van der Waals surface area contributed by atoms with Gasteiger partial charge < -0.3 is 5.32 Å². The molecule has 2 nitrogen and oxygen atoms in total. The van der Waals surface area contributed by atoms with Crippen molar-refractivity contribution in [3.8, 4) is 0 Å². The van der Waals surface area contributed by atoms with Crippen LogP contribution >= 0.6 is 36.4 Å². The topological polar surface area (TPSA) is 15.3 Å². The summed E-state index contributed by atoms with van der Waals surface area (Å²) in [5, 5.41) is 4.31. The number of halogens is 3. The first-order valence-corrected chi connectivity index (χ1v) is 7.42. The van der Waals surface area contributed by atoms with E-state index in [1.54, 1.807) is 0 Å². The number of nitrogens with one attached hydrogen (secondary N) is 1. The van der Waals surface area contributed by atoms with Gasteiger partial charge in [-0.25, -0.2) is 0 Å². The Bertz CT molecular complexity index is 404. The molecule has 1 N–H and O–H groups in total. The summed E-state index contributed by atoms with van der Waals surface area (Å²) in [6, 6.07) is 9.05. The van der Waals surface area contributed by atoms with Crippen LogP contribution < -0.4 is 5.32 Å². The Morgan fingerprint density at radius 2 is 1.85 bits per heavy atom. The number of hydrogen-bond donors (Lipinski definition) is 1. The summed E-state index contributed by atoms with van der Waals surface area (Å²) in [4.78, 5) is 2.64. The van der Waals surface area contributed by atoms with E-state index in [-0.39, 0.29) is 24.8 Å². The third kappa shape index (κ3) is 4.02. The van der Waals surface area contributed by atoms with Gasteiger partial charge in [0.05, 0.1) is 0 Å². The molecule has 5 heteroatoms. The monoisotopic (exact) mass is 336 g/mol. The minimum Gasteiger partial charge on any atom is -0.314 e. The first kappa shape index (κ1) is 18.1. The molecule has 0 amide bonds. The molecule has 0 spiro atoms. The summed E-state index contributed by atoms with van der Waals surface area (Å²) in [6.07, 6.45) is 4.15. The zero-order valence-corrected chi connectivity index (χ0v) is 13.9. The molecule has 0 bridgehead atoms. The average Bonchev–Trinajstić information content (AvgIpc) is 2.34. The zero-order chi connectivity index (χ0) is 12.4. The number of rotatable bonds is 3. The van der Waals surface area contributed by atoms with Crippen LogP contribution in [0.25, 0.3) is 0 Å². The number of nitrogens with zero attached hydrogens (tertiary/aromatic N) is 1. The van der Waals surface area contributed by atoms with Crippen molar-refractivity contribution in [2.24, 2.45) is 5.92 Å². The smallest absolute Gasteiger partial charge is 0.0409 e. The Morgan fingerprint density at radius 3 is 2.40 bits per heavy atom. The van der Waals surface area contributed by atoms with Gasteiger partial charge in [-0.2, -0.15) is 0 Å². The second kappa shape index (κ2) is 8.45. The van der Waals surface area contributed by atoms with E-state index in [0.717, 1.165) is 37.1 Å². The fourth-order valence-corrected chi connectivity index (χ4v) is 3.39. The van der Waals surface area contributed by atoms with Crippen molar-refractivity contribution < 1.29 is 0 Å². The summed E-state index contributed by atoms with van der Waals surface area (Å²) >= 11 is 6.16. The van der Waals surface area contributed by atoms with Gasteiger partial charge in [-0.1, -0.05) is 30.2 Å². The molecule has 0 aromatic heterocycles. The highest BCUT2D eigenvalue weighted by Crippen LogP contribution is 2.41. The van der Waals surface area contributed by atoms with Crippen LogP contribution in [0.5, 0.6) is 0 Å². The van der Waals surface area contributed by atoms with Crippen molar-refractivity contribution in [2.75, 3.05) is 26.2 Å². The minimum atomic E-state index is 0. The third-order valence-corrected chi connectivity index (χ3v) is 4.57. The predicted molar refractivity (Wildman–Crippen MR) is 90.5 cm³/mol. The van der Waals surface area contributed by atoms with Crippen molar-refractivity contribution >= 4 is 36.4 Å². The highest BCUT2D eigenvalue weighted by molar-refractivity contribution is 6.30. The molecule has 114 valence electrons. The van der Waals surface area contributed by atoms with Crippen LogP contribution in [0.15, 0.2) is 24.3 Å². The number of hydrogen-bond acceptors (Lipinski definition) is 2. The lowest BCUT2D eigenvalue weighted by atomic mass is 9.76. The first-order chi connectivity index (χ1) is 8.84. The lowest BCUT2D eigenvalue weighted by Crippen LogP contribution is -2.47. The maximum atomic E-state index is 6.16. The maximum absolute atomic E-state index is 6.16. The highest BCUT2D eigenvalue weighted by Gasteiger charge is 2.33. The van der Waals surface area contributed by atoms with Gasteiger partial charge in [0.1, 0.15) is 0 Å². The van der Waals surface area contributed by atoms with Crippen LogP contribution in [0.3, 0.4) is 0 Å². The van der Waals surface area contributed by atoms with E-state index in [2.05, 4.69) is 28.4 Å². The Hall–Kier alpha value is 0.01000. The molecule has 20 heavy (non-hydrogen) atoms. The molecule has 2 aliphatic rings. The SMILES string of the molecule is Cl.Cl.Clc1cccc([C@H](C2CCC2)N2CCNCC2)c1. The van der Waals surface area contributed by atoms with E-state index in [1.807, 2.05) is 6.07 Å². The Morgan fingerprint density at radius 1 is 1.15 bits per heavy atom. The fraction of sp³-hybridized carbons (Fsp3) is 0.600.